The lowest BCUT2D eigenvalue weighted by Crippen LogP contribution is -2.50. The number of amides is 3. The van der Waals surface area contributed by atoms with Crippen molar-refractivity contribution in [1.29, 1.82) is 0 Å². The fraction of sp³-hybridized carbons (Fsp3) is 0.654. The number of alkyl carbamates (subject to hydrolysis) is 2. The Morgan fingerprint density at radius 1 is 0.941 bits per heavy atom. The first-order valence-electron chi connectivity index (χ1n) is 11.9. The van der Waals surface area contributed by atoms with Gasteiger partial charge in [0.05, 0.1) is 0 Å². The highest BCUT2D eigenvalue weighted by Gasteiger charge is 2.25. The van der Waals surface area contributed by atoms with Crippen molar-refractivity contribution in [2.24, 2.45) is 0 Å². The Bertz CT molecular complexity index is 730. The van der Waals surface area contributed by atoms with Crippen molar-refractivity contribution in [3.05, 3.63) is 36.5 Å². The highest BCUT2D eigenvalue weighted by molar-refractivity contribution is 5.85. The van der Waals surface area contributed by atoms with Crippen molar-refractivity contribution in [2.75, 3.05) is 6.54 Å². The fourth-order valence-electron chi connectivity index (χ4n) is 3.00. The molecule has 0 fully saturated rings. The van der Waals surface area contributed by atoms with E-state index in [2.05, 4.69) is 22.5 Å². The first kappa shape index (κ1) is 31.2. The van der Waals surface area contributed by atoms with Crippen LogP contribution in [0.15, 0.2) is 36.5 Å². The van der Waals surface area contributed by atoms with Crippen LogP contribution in [0.25, 0.3) is 0 Å². The third kappa shape index (κ3) is 16.8. The van der Waals surface area contributed by atoms with Gasteiger partial charge in [-0.15, -0.1) is 0 Å². The molecule has 0 aromatic rings. The lowest BCUT2D eigenvalue weighted by Gasteiger charge is -2.25. The molecule has 0 aromatic heterocycles. The molecule has 0 spiro atoms. The van der Waals surface area contributed by atoms with Crippen LogP contribution in [0, 0.1) is 0 Å². The van der Waals surface area contributed by atoms with Crippen LogP contribution in [0.2, 0.25) is 0 Å². The molecule has 2 unspecified atom stereocenters. The predicted octanol–water partition coefficient (Wildman–Crippen LogP) is 5.16. The van der Waals surface area contributed by atoms with Gasteiger partial charge in [-0.25, -0.2) is 9.59 Å². The van der Waals surface area contributed by atoms with Crippen LogP contribution in [-0.4, -0.2) is 47.9 Å². The van der Waals surface area contributed by atoms with Gasteiger partial charge in [0.25, 0.3) is 0 Å². The van der Waals surface area contributed by atoms with Gasteiger partial charge in [-0.1, -0.05) is 30.9 Å². The average Bonchev–Trinajstić information content (AvgIpc) is 2.64. The SMILES string of the molecule is C=C/C=C(\C=C/C)CC(C)NC(=O)C(CCCCNC(=O)OC(C)(C)C)NC(=O)OC(C)(C)C. The summed E-state index contributed by atoms with van der Waals surface area (Å²) < 4.78 is 10.5. The van der Waals surface area contributed by atoms with Crippen molar-refractivity contribution in [3.8, 4) is 0 Å². The standard InChI is InChI=1S/C26H45N3O5/c1-10-14-20(15-11-2)18-19(3)28-22(30)21(29-24(32)34-26(7,8)9)16-12-13-17-27-23(31)33-25(4,5)6/h10-11,14-15,19,21H,1,12-13,16-18H2,2-9H3,(H,27,31)(H,28,30)(H,29,32)/b15-11-,20-14+. The maximum atomic E-state index is 13.0. The van der Waals surface area contributed by atoms with Crippen molar-refractivity contribution >= 4 is 18.1 Å². The van der Waals surface area contributed by atoms with Gasteiger partial charge in [-0.3, -0.25) is 4.79 Å². The van der Waals surface area contributed by atoms with Gasteiger partial charge in [0.1, 0.15) is 17.2 Å². The molecule has 3 N–H and O–H groups in total. The number of carbonyl (C=O) groups is 3. The lowest BCUT2D eigenvalue weighted by molar-refractivity contribution is -0.124. The molecule has 0 saturated heterocycles. The Kier molecular flexibility index (Phi) is 14.0. The second kappa shape index (κ2) is 15.2. The maximum Gasteiger partial charge on any atom is 0.408 e. The number of ether oxygens (including phenoxy) is 2. The fourth-order valence-corrected chi connectivity index (χ4v) is 3.00. The second-order valence-corrected chi connectivity index (χ2v) is 10.2. The average molecular weight is 480 g/mol. The first-order chi connectivity index (χ1) is 15.7. The van der Waals surface area contributed by atoms with Crippen molar-refractivity contribution in [3.63, 3.8) is 0 Å². The van der Waals surface area contributed by atoms with Gasteiger partial charge < -0.3 is 25.4 Å². The van der Waals surface area contributed by atoms with Gasteiger partial charge in [0.2, 0.25) is 5.91 Å². The van der Waals surface area contributed by atoms with E-state index in [1.165, 1.54) is 0 Å². The molecule has 194 valence electrons. The zero-order valence-electron chi connectivity index (χ0n) is 22.2. The van der Waals surface area contributed by atoms with E-state index in [0.717, 1.165) is 5.57 Å². The molecular formula is C26H45N3O5. The van der Waals surface area contributed by atoms with Gasteiger partial charge in [0.15, 0.2) is 0 Å². The Hall–Kier alpha value is -2.77. The van der Waals surface area contributed by atoms with E-state index in [1.807, 2.05) is 32.1 Å². The number of hydrogen-bond donors (Lipinski definition) is 3. The molecule has 0 aromatic carbocycles. The molecule has 0 aliphatic heterocycles. The van der Waals surface area contributed by atoms with E-state index in [-0.39, 0.29) is 11.9 Å². The number of unbranched alkanes of at least 4 members (excludes halogenated alkanes) is 1. The van der Waals surface area contributed by atoms with Crippen molar-refractivity contribution in [2.45, 2.75) is 104 Å². The summed E-state index contributed by atoms with van der Waals surface area (Å²) in [6.45, 7) is 18.7. The topological polar surface area (TPSA) is 106 Å². The van der Waals surface area contributed by atoms with Gasteiger partial charge in [0, 0.05) is 12.6 Å². The van der Waals surface area contributed by atoms with Gasteiger partial charge >= 0.3 is 12.2 Å². The van der Waals surface area contributed by atoms with E-state index >= 15 is 0 Å². The van der Waals surface area contributed by atoms with E-state index in [9.17, 15) is 14.4 Å². The van der Waals surface area contributed by atoms with Crippen LogP contribution < -0.4 is 16.0 Å². The Balaban J connectivity index is 4.96. The highest BCUT2D eigenvalue weighted by atomic mass is 16.6. The summed E-state index contributed by atoms with van der Waals surface area (Å²) in [5.74, 6) is -0.281. The molecule has 34 heavy (non-hydrogen) atoms. The number of carbonyl (C=O) groups excluding carboxylic acids is 3. The minimum absolute atomic E-state index is 0.147. The van der Waals surface area contributed by atoms with E-state index in [0.29, 0.717) is 32.2 Å². The molecule has 0 heterocycles. The molecule has 0 radical (unpaired) electrons. The van der Waals surface area contributed by atoms with Crippen LogP contribution in [0.3, 0.4) is 0 Å². The van der Waals surface area contributed by atoms with Gasteiger partial charge in [-0.05, 0) is 86.6 Å². The number of nitrogens with one attached hydrogen (secondary N) is 3. The van der Waals surface area contributed by atoms with Crippen LogP contribution in [0.4, 0.5) is 9.59 Å². The quantitative estimate of drug-likeness (QED) is 0.265. The lowest BCUT2D eigenvalue weighted by atomic mass is 10.0. The molecular weight excluding hydrogens is 434 g/mol. The van der Waals surface area contributed by atoms with Gasteiger partial charge in [-0.2, -0.15) is 0 Å². The first-order valence-corrected chi connectivity index (χ1v) is 11.9. The minimum Gasteiger partial charge on any atom is -0.444 e. The normalized spacial score (nSPS) is 14.2. The molecule has 2 atom stereocenters. The molecule has 0 bridgehead atoms. The number of rotatable bonds is 12. The van der Waals surface area contributed by atoms with Crippen molar-refractivity contribution in [1.82, 2.24) is 16.0 Å². The summed E-state index contributed by atoms with van der Waals surface area (Å²) in [7, 11) is 0. The molecule has 0 aliphatic carbocycles. The highest BCUT2D eigenvalue weighted by Crippen LogP contribution is 2.11. The number of hydrogen-bond acceptors (Lipinski definition) is 5. The maximum absolute atomic E-state index is 13.0. The van der Waals surface area contributed by atoms with E-state index in [1.54, 1.807) is 47.6 Å². The zero-order valence-corrected chi connectivity index (χ0v) is 22.2. The largest absolute Gasteiger partial charge is 0.444 e. The zero-order chi connectivity index (χ0) is 26.4. The summed E-state index contributed by atoms with van der Waals surface area (Å²) in [6.07, 6.45) is 8.65. The molecule has 8 nitrogen and oxygen atoms in total. The summed E-state index contributed by atoms with van der Waals surface area (Å²) in [4.78, 5) is 37.0. The molecule has 8 heteroatoms. The second-order valence-electron chi connectivity index (χ2n) is 10.2. The molecule has 3 amide bonds. The summed E-state index contributed by atoms with van der Waals surface area (Å²) in [5.41, 5.74) is -0.197. The van der Waals surface area contributed by atoms with Crippen molar-refractivity contribution < 1.29 is 23.9 Å². The Morgan fingerprint density at radius 2 is 1.53 bits per heavy atom. The monoisotopic (exact) mass is 479 g/mol. The molecule has 0 aliphatic rings. The number of allylic oxidation sites excluding steroid dienone is 4. The van der Waals surface area contributed by atoms with Crippen LogP contribution in [0.1, 0.15) is 81.1 Å². The van der Waals surface area contributed by atoms with Crippen LogP contribution >= 0.6 is 0 Å². The predicted molar refractivity (Wildman–Crippen MR) is 137 cm³/mol. The van der Waals surface area contributed by atoms with Crippen LogP contribution in [0.5, 0.6) is 0 Å². The Labute approximate surface area is 205 Å². The summed E-state index contributed by atoms with van der Waals surface area (Å²) in [5, 5.41) is 8.35. The van der Waals surface area contributed by atoms with E-state index < -0.39 is 29.4 Å². The summed E-state index contributed by atoms with van der Waals surface area (Å²) >= 11 is 0. The smallest absolute Gasteiger partial charge is 0.408 e. The third-order valence-corrected chi connectivity index (χ3v) is 4.24. The molecule has 0 rings (SSSR count). The minimum atomic E-state index is -0.757. The molecule has 0 saturated carbocycles. The third-order valence-electron chi connectivity index (χ3n) is 4.24. The Morgan fingerprint density at radius 3 is 2.06 bits per heavy atom. The van der Waals surface area contributed by atoms with E-state index in [4.69, 9.17) is 9.47 Å². The summed E-state index contributed by atoms with van der Waals surface area (Å²) in [6, 6.07) is -0.904. The van der Waals surface area contributed by atoms with Crippen LogP contribution in [-0.2, 0) is 14.3 Å².